The molecule has 0 spiro atoms. The van der Waals surface area contributed by atoms with Crippen LogP contribution in [0.25, 0.3) is 0 Å². The molecule has 1 aromatic carbocycles. The lowest BCUT2D eigenvalue weighted by Gasteiger charge is -2.24. The normalized spacial score (nSPS) is 17.5. The van der Waals surface area contributed by atoms with Crippen molar-refractivity contribution < 1.29 is 19.1 Å². The highest BCUT2D eigenvalue weighted by atomic mass is 16.5. The molecule has 1 heterocycles. The highest BCUT2D eigenvalue weighted by molar-refractivity contribution is 5.99. The summed E-state index contributed by atoms with van der Waals surface area (Å²) in [4.78, 5) is 35.7. The smallest absolute Gasteiger partial charge is 0.319 e. The fourth-order valence-corrected chi connectivity index (χ4v) is 2.19. The third-order valence-corrected chi connectivity index (χ3v) is 3.41. The first-order valence-corrected chi connectivity index (χ1v) is 8.06. The van der Waals surface area contributed by atoms with Gasteiger partial charge in [-0.15, -0.1) is 0 Å². The molecule has 0 aromatic heterocycles. The number of benzene rings is 1. The summed E-state index contributed by atoms with van der Waals surface area (Å²) < 4.78 is 5.45. The third kappa shape index (κ3) is 5.10. The highest BCUT2D eigenvalue weighted by Gasteiger charge is 2.24. The summed E-state index contributed by atoms with van der Waals surface area (Å²) in [6.07, 6.45) is -0.559. The summed E-state index contributed by atoms with van der Waals surface area (Å²) in [5.41, 5.74) is 0.578. The Balaban J connectivity index is 1.96. The molecule has 2 atom stereocenters. The molecule has 0 bridgehead atoms. The molecule has 1 aliphatic heterocycles. The minimum absolute atomic E-state index is 0.249. The van der Waals surface area contributed by atoms with Crippen molar-refractivity contribution >= 4 is 29.2 Å². The molecule has 2 rings (SSSR count). The van der Waals surface area contributed by atoms with Crippen molar-refractivity contribution in [2.75, 3.05) is 10.6 Å². The van der Waals surface area contributed by atoms with E-state index in [1.165, 1.54) is 0 Å². The number of anilines is 2. The number of nitrogens with one attached hydrogen (secondary N) is 4. The minimum atomic E-state index is -0.694. The molecule has 0 unspecified atom stereocenters. The summed E-state index contributed by atoms with van der Waals surface area (Å²) in [6, 6.07) is 3.70. The Morgan fingerprint density at radius 1 is 1.28 bits per heavy atom. The Morgan fingerprint density at radius 3 is 2.60 bits per heavy atom. The second kappa shape index (κ2) is 7.00. The first-order chi connectivity index (χ1) is 11.5. The molecular weight excluding hydrogens is 324 g/mol. The van der Waals surface area contributed by atoms with Crippen molar-refractivity contribution in [3.05, 3.63) is 18.2 Å². The van der Waals surface area contributed by atoms with Gasteiger partial charge in [0.2, 0.25) is 5.91 Å². The number of carbonyl (C=O) groups is 3. The predicted octanol–water partition coefficient (Wildman–Crippen LogP) is 1.83. The quantitative estimate of drug-likeness (QED) is 0.668. The molecule has 0 fully saturated rings. The van der Waals surface area contributed by atoms with E-state index in [4.69, 9.17) is 4.74 Å². The Hall–Kier alpha value is -2.77. The zero-order valence-electron chi connectivity index (χ0n) is 15.0. The van der Waals surface area contributed by atoms with E-state index in [0.717, 1.165) is 0 Å². The zero-order valence-corrected chi connectivity index (χ0v) is 15.0. The fourth-order valence-electron chi connectivity index (χ4n) is 2.19. The molecule has 8 heteroatoms. The molecule has 0 aliphatic carbocycles. The maximum atomic E-state index is 12.1. The summed E-state index contributed by atoms with van der Waals surface area (Å²) in [5, 5.41) is 10.7. The first kappa shape index (κ1) is 18.6. The van der Waals surface area contributed by atoms with Gasteiger partial charge in [-0.3, -0.25) is 9.59 Å². The van der Waals surface area contributed by atoms with Crippen molar-refractivity contribution in [3.8, 4) is 5.75 Å². The molecule has 4 amide bonds. The average Bonchev–Trinajstić information content (AvgIpc) is 2.46. The molecule has 1 aromatic rings. The number of amides is 4. The van der Waals surface area contributed by atoms with Crippen molar-refractivity contribution in [2.24, 2.45) is 0 Å². The second-order valence-electron chi connectivity index (χ2n) is 7.02. The summed E-state index contributed by atoms with van der Waals surface area (Å²) in [6.45, 7) is 8.84. The Kier molecular flexibility index (Phi) is 5.20. The van der Waals surface area contributed by atoms with E-state index in [2.05, 4.69) is 21.3 Å². The van der Waals surface area contributed by atoms with E-state index in [-0.39, 0.29) is 17.4 Å². The van der Waals surface area contributed by atoms with Crippen LogP contribution in [0, 0.1) is 0 Å². The zero-order chi connectivity index (χ0) is 18.8. The highest BCUT2D eigenvalue weighted by Crippen LogP contribution is 2.32. The second-order valence-corrected chi connectivity index (χ2v) is 7.02. The van der Waals surface area contributed by atoms with Gasteiger partial charge in [0.1, 0.15) is 11.8 Å². The summed E-state index contributed by atoms with van der Waals surface area (Å²) >= 11 is 0. The number of hydrogen-bond acceptors (Lipinski definition) is 4. The van der Waals surface area contributed by atoms with E-state index >= 15 is 0 Å². The molecule has 25 heavy (non-hydrogen) atoms. The van der Waals surface area contributed by atoms with Crippen molar-refractivity contribution in [2.45, 2.75) is 52.3 Å². The van der Waals surface area contributed by atoms with Crippen LogP contribution in [0.2, 0.25) is 0 Å². The van der Waals surface area contributed by atoms with E-state index in [9.17, 15) is 14.4 Å². The summed E-state index contributed by atoms with van der Waals surface area (Å²) in [5.74, 6) is 0.0142. The van der Waals surface area contributed by atoms with Gasteiger partial charge in [-0.25, -0.2) is 4.79 Å². The van der Waals surface area contributed by atoms with Crippen LogP contribution in [-0.4, -0.2) is 35.5 Å². The monoisotopic (exact) mass is 348 g/mol. The van der Waals surface area contributed by atoms with Crippen LogP contribution >= 0.6 is 0 Å². The summed E-state index contributed by atoms with van der Waals surface area (Å²) in [7, 11) is 0. The maximum Gasteiger partial charge on any atom is 0.319 e. The van der Waals surface area contributed by atoms with Crippen molar-refractivity contribution in [1.82, 2.24) is 10.6 Å². The lowest BCUT2D eigenvalue weighted by atomic mass is 10.1. The van der Waals surface area contributed by atoms with E-state index in [1.54, 1.807) is 32.0 Å². The van der Waals surface area contributed by atoms with Crippen LogP contribution in [0.15, 0.2) is 18.2 Å². The van der Waals surface area contributed by atoms with Crippen LogP contribution in [0.3, 0.4) is 0 Å². The van der Waals surface area contributed by atoms with Gasteiger partial charge in [0.25, 0.3) is 5.91 Å². The predicted molar refractivity (Wildman–Crippen MR) is 94.7 cm³/mol. The van der Waals surface area contributed by atoms with Crippen LogP contribution < -0.4 is 26.0 Å². The molecule has 0 saturated heterocycles. The Bertz CT molecular complexity index is 696. The van der Waals surface area contributed by atoms with Crippen LogP contribution in [0.4, 0.5) is 16.2 Å². The van der Waals surface area contributed by atoms with Crippen molar-refractivity contribution in [1.29, 1.82) is 0 Å². The van der Waals surface area contributed by atoms with Crippen LogP contribution in [0.5, 0.6) is 5.75 Å². The van der Waals surface area contributed by atoms with Gasteiger partial charge >= 0.3 is 6.03 Å². The third-order valence-electron chi connectivity index (χ3n) is 3.41. The minimum Gasteiger partial charge on any atom is -0.479 e. The van der Waals surface area contributed by atoms with Gasteiger partial charge < -0.3 is 26.0 Å². The molecular formula is C17H24N4O4. The standard InChI is InChI=1S/C17H24N4O4/c1-9(14(22)21-17(3,4)5)18-16(24)19-11-6-7-13-12(8-11)20-15(23)10(2)25-13/h6-10H,1-5H3,(H,20,23)(H,21,22)(H2,18,19,24)/t9-,10+/m0/s1. The average molecular weight is 348 g/mol. The van der Waals surface area contributed by atoms with Crippen LogP contribution in [0.1, 0.15) is 34.6 Å². The molecule has 0 radical (unpaired) electrons. The van der Waals surface area contributed by atoms with E-state index in [0.29, 0.717) is 17.1 Å². The number of rotatable bonds is 3. The van der Waals surface area contributed by atoms with Gasteiger partial charge in [0.15, 0.2) is 6.10 Å². The van der Waals surface area contributed by atoms with Gasteiger partial charge in [0.05, 0.1) is 5.69 Å². The maximum absolute atomic E-state index is 12.1. The lowest BCUT2D eigenvalue weighted by Crippen LogP contribution is -2.51. The van der Waals surface area contributed by atoms with E-state index < -0.39 is 18.2 Å². The topological polar surface area (TPSA) is 109 Å². The number of carbonyl (C=O) groups excluding carboxylic acids is 3. The number of urea groups is 1. The number of hydrogen-bond donors (Lipinski definition) is 4. The first-order valence-electron chi connectivity index (χ1n) is 8.06. The number of ether oxygens (including phenoxy) is 1. The van der Waals surface area contributed by atoms with Gasteiger partial charge in [-0.2, -0.15) is 0 Å². The SMILES string of the molecule is C[C@H](NC(=O)Nc1ccc2c(c1)NC(=O)[C@@H](C)O2)C(=O)NC(C)(C)C. The molecule has 136 valence electrons. The van der Waals surface area contributed by atoms with Gasteiger partial charge in [0, 0.05) is 11.2 Å². The Morgan fingerprint density at radius 2 is 1.96 bits per heavy atom. The molecule has 4 N–H and O–H groups in total. The molecule has 8 nitrogen and oxygen atoms in total. The van der Waals surface area contributed by atoms with Crippen LogP contribution in [-0.2, 0) is 9.59 Å². The van der Waals surface area contributed by atoms with E-state index in [1.807, 2.05) is 20.8 Å². The largest absolute Gasteiger partial charge is 0.479 e. The molecule has 1 aliphatic rings. The fraction of sp³-hybridized carbons (Fsp3) is 0.471. The van der Waals surface area contributed by atoms with Gasteiger partial charge in [-0.1, -0.05) is 0 Å². The number of fused-ring (bicyclic) bond motifs is 1. The van der Waals surface area contributed by atoms with Gasteiger partial charge in [-0.05, 0) is 52.8 Å². The lowest BCUT2D eigenvalue weighted by molar-refractivity contribution is -0.124. The Labute approximate surface area is 146 Å². The molecule has 0 saturated carbocycles. The van der Waals surface area contributed by atoms with Crippen molar-refractivity contribution in [3.63, 3.8) is 0 Å².